The second-order valence-electron chi connectivity index (χ2n) is 12.0. The first-order chi connectivity index (χ1) is 17.7. The number of benzene rings is 1. The van der Waals surface area contributed by atoms with Gasteiger partial charge in [0.05, 0.1) is 23.9 Å². The lowest BCUT2D eigenvalue weighted by molar-refractivity contribution is -0.151. The summed E-state index contributed by atoms with van der Waals surface area (Å²) in [5.74, 6) is -0.717. The van der Waals surface area contributed by atoms with Crippen molar-refractivity contribution in [2.75, 3.05) is 7.11 Å². The summed E-state index contributed by atoms with van der Waals surface area (Å²) in [6.45, 7) is 6.36. The number of ether oxygens (including phenoxy) is 2. The van der Waals surface area contributed by atoms with E-state index in [1.807, 2.05) is 24.4 Å². The van der Waals surface area contributed by atoms with Crippen molar-refractivity contribution < 1.29 is 24.2 Å². The van der Waals surface area contributed by atoms with Crippen molar-refractivity contribution in [3.63, 3.8) is 0 Å². The first kappa shape index (κ1) is 24.8. The third-order valence-electron chi connectivity index (χ3n) is 10.1. The summed E-state index contributed by atoms with van der Waals surface area (Å²) < 4.78 is 12.0. The van der Waals surface area contributed by atoms with Gasteiger partial charge in [0.25, 0.3) is 0 Å². The number of aliphatic hydroxyl groups excluding tert-OH is 1. The summed E-state index contributed by atoms with van der Waals surface area (Å²) in [5, 5.41) is 15.3. The van der Waals surface area contributed by atoms with Crippen LogP contribution in [0.3, 0.4) is 0 Å². The SMILES string of the molecule is CO[C@@H]1CC(=O)[C@]23C(=O)N[C@H](Cc4c[nH]c5ccccc45)[C@@H]2[C@H](C)[C@]2(C)O[C@@H]2[C@@H]3/C=C\C[C@@H](C)C[C@H]1O. The number of H-pyrrole nitrogens is 1. The molecule has 37 heavy (non-hydrogen) atoms. The summed E-state index contributed by atoms with van der Waals surface area (Å²) in [6.07, 6.45) is 6.54. The molecular weight excluding hydrogens is 468 g/mol. The maximum absolute atomic E-state index is 14.4. The van der Waals surface area contributed by atoms with Gasteiger partial charge in [0.2, 0.25) is 5.91 Å². The Bertz CT molecular complexity index is 1250. The van der Waals surface area contributed by atoms with Crippen LogP contribution in [0, 0.1) is 29.1 Å². The maximum atomic E-state index is 14.4. The Labute approximate surface area is 218 Å². The molecule has 0 bridgehead atoms. The third kappa shape index (κ3) is 3.57. The van der Waals surface area contributed by atoms with Crippen LogP contribution in [0.4, 0.5) is 0 Å². The predicted molar refractivity (Wildman–Crippen MR) is 140 cm³/mol. The van der Waals surface area contributed by atoms with Gasteiger partial charge in [-0.25, -0.2) is 0 Å². The highest BCUT2D eigenvalue weighted by atomic mass is 16.6. The molecule has 6 rings (SSSR count). The molecule has 2 aromatic rings. The van der Waals surface area contributed by atoms with Gasteiger partial charge in [0.15, 0.2) is 5.78 Å². The molecule has 3 heterocycles. The number of amides is 1. The Morgan fingerprint density at radius 1 is 1.22 bits per heavy atom. The number of carbonyl (C=O) groups excluding carboxylic acids is 2. The molecule has 7 nitrogen and oxygen atoms in total. The quantitative estimate of drug-likeness (QED) is 0.336. The minimum atomic E-state index is -1.25. The molecule has 1 aromatic heterocycles. The van der Waals surface area contributed by atoms with Gasteiger partial charge >= 0.3 is 0 Å². The number of aromatic amines is 1. The number of para-hydroxylation sites is 1. The number of rotatable bonds is 3. The smallest absolute Gasteiger partial charge is 0.235 e. The van der Waals surface area contributed by atoms with Gasteiger partial charge in [0.1, 0.15) is 5.41 Å². The highest BCUT2D eigenvalue weighted by Crippen LogP contribution is 2.66. The van der Waals surface area contributed by atoms with E-state index in [2.05, 4.69) is 49.3 Å². The van der Waals surface area contributed by atoms with Crippen LogP contribution < -0.4 is 5.32 Å². The first-order valence-corrected chi connectivity index (χ1v) is 13.7. The fourth-order valence-electron chi connectivity index (χ4n) is 7.91. The minimum absolute atomic E-state index is 0.00442. The van der Waals surface area contributed by atoms with Crippen molar-refractivity contribution in [1.29, 1.82) is 0 Å². The molecular formula is C30H38N2O5. The lowest BCUT2D eigenvalue weighted by Crippen LogP contribution is -2.59. The van der Waals surface area contributed by atoms with E-state index >= 15 is 0 Å². The Hall–Kier alpha value is -2.48. The number of hydrogen-bond donors (Lipinski definition) is 3. The average Bonchev–Trinajstić information content (AvgIpc) is 3.28. The number of hydrogen-bond acceptors (Lipinski definition) is 5. The number of allylic oxidation sites excluding steroid dienone is 1. The number of carbonyl (C=O) groups is 2. The number of Topliss-reactive ketones (excluding diaryl/α,β-unsaturated/α-hetero) is 1. The zero-order chi connectivity index (χ0) is 26.1. The van der Waals surface area contributed by atoms with Crippen LogP contribution >= 0.6 is 0 Å². The minimum Gasteiger partial charge on any atom is -0.390 e. The van der Waals surface area contributed by atoms with E-state index < -0.39 is 17.6 Å². The molecule has 1 aromatic carbocycles. The molecule has 7 heteroatoms. The predicted octanol–water partition coefficient (Wildman–Crippen LogP) is 3.56. The van der Waals surface area contributed by atoms with Crippen LogP contribution in [0.1, 0.15) is 45.6 Å². The molecule has 0 unspecified atom stereocenters. The highest BCUT2D eigenvalue weighted by Gasteiger charge is 2.78. The summed E-state index contributed by atoms with van der Waals surface area (Å²) in [7, 11) is 1.54. The largest absolute Gasteiger partial charge is 0.390 e. The lowest BCUT2D eigenvalue weighted by atomic mass is 9.51. The van der Waals surface area contributed by atoms with Gasteiger partial charge in [-0.05, 0) is 49.7 Å². The fourth-order valence-corrected chi connectivity index (χ4v) is 7.91. The zero-order valence-corrected chi connectivity index (χ0v) is 22.1. The van der Waals surface area contributed by atoms with Crippen molar-refractivity contribution in [2.24, 2.45) is 29.1 Å². The molecule has 4 aliphatic rings. The Balaban J connectivity index is 1.46. The number of fused-ring (bicyclic) bond motifs is 3. The van der Waals surface area contributed by atoms with Crippen LogP contribution in [0.15, 0.2) is 42.6 Å². The van der Waals surface area contributed by atoms with E-state index in [0.29, 0.717) is 12.8 Å². The molecule has 198 valence electrons. The highest BCUT2D eigenvalue weighted by molar-refractivity contribution is 6.09. The number of aromatic nitrogens is 1. The molecule has 3 N–H and O–H groups in total. The van der Waals surface area contributed by atoms with Crippen molar-refractivity contribution in [1.82, 2.24) is 10.3 Å². The van der Waals surface area contributed by atoms with Gasteiger partial charge in [-0.2, -0.15) is 0 Å². The topological polar surface area (TPSA) is 104 Å². The number of nitrogens with one attached hydrogen (secondary N) is 2. The van der Waals surface area contributed by atoms with Gasteiger partial charge < -0.3 is 24.9 Å². The van der Waals surface area contributed by atoms with Crippen LogP contribution in [-0.4, -0.2) is 58.8 Å². The van der Waals surface area contributed by atoms with Gasteiger partial charge in [-0.3, -0.25) is 9.59 Å². The molecule has 0 radical (unpaired) electrons. The average molecular weight is 507 g/mol. The number of epoxide rings is 1. The summed E-state index contributed by atoms with van der Waals surface area (Å²) in [5.41, 5.74) is 0.561. The number of ketones is 1. The van der Waals surface area contributed by atoms with E-state index in [1.165, 1.54) is 7.11 Å². The zero-order valence-electron chi connectivity index (χ0n) is 22.1. The van der Waals surface area contributed by atoms with Crippen molar-refractivity contribution in [3.8, 4) is 0 Å². The van der Waals surface area contributed by atoms with Crippen LogP contribution in [0.5, 0.6) is 0 Å². The number of methoxy groups -OCH3 is 1. The molecule has 10 atom stereocenters. The van der Waals surface area contributed by atoms with Crippen LogP contribution in [0.2, 0.25) is 0 Å². The maximum Gasteiger partial charge on any atom is 0.235 e. The van der Waals surface area contributed by atoms with Gasteiger partial charge in [-0.1, -0.05) is 44.2 Å². The van der Waals surface area contributed by atoms with Crippen molar-refractivity contribution in [3.05, 3.63) is 48.2 Å². The fraction of sp³-hybridized carbons (Fsp3) is 0.600. The molecule has 2 aliphatic heterocycles. The van der Waals surface area contributed by atoms with E-state index in [0.717, 1.165) is 22.9 Å². The summed E-state index contributed by atoms with van der Waals surface area (Å²) in [4.78, 5) is 31.9. The molecule has 2 aliphatic carbocycles. The lowest BCUT2D eigenvalue weighted by Gasteiger charge is -2.46. The second kappa shape index (κ2) is 8.79. The first-order valence-electron chi connectivity index (χ1n) is 13.7. The summed E-state index contributed by atoms with van der Waals surface area (Å²) >= 11 is 0. The molecule has 2 saturated heterocycles. The van der Waals surface area contributed by atoms with Crippen molar-refractivity contribution in [2.45, 2.75) is 76.4 Å². The molecule has 1 amide bonds. The Kier molecular flexibility index (Phi) is 5.90. The van der Waals surface area contributed by atoms with E-state index in [9.17, 15) is 14.7 Å². The monoisotopic (exact) mass is 506 g/mol. The van der Waals surface area contributed by atoms with E-state index in [-0.39, 0.29) is 59.5 Å². The van der Waals surface area contributed by atoms with Gasteiger partial charge in [0, 0.05) is 48.5 Å². The normalized spacial score (nSPS) is 44.4. The Morgan fingerprint density at radius 3 is 2.78 bits per heavy atom. The van der Waals surface area contributed by atoms with Crippen molar-refractivity contribution >= 4 is 22.6 Å². The van der Waals surface area contributed by atoms with E-state index in [4.69, 9.17) is 9.47 Å². The number of aliphatic hydroxyl groups is 1. The standard InChI is InChI=1S/C30H38N2O5/c1-16-8-7-10-20-27-29(3,37-27)17(2)26-22(13-18-15-31-21-11-6-5-9-19(18)21)32-28(35)30(20,26)25(34)14-24(36-4)23(33)12-16/h5-7,9-11,15-17,20,22-24,26-27,31,33H,8,12-14H2,1-4H3,(H,32,35)/b10-7-/t16-,17+,20+,22-,23-,24-,26+,27-,29+,30+/m1/s1. The summed E-state index contributed by atoms with van der Waals surface area (Å²) in [6, 6.07) is 7.95. The molecule has 3 fully saturated rings. The molecule has 1 spiro atoms. The van der Waals surface area contributed by atoms with E-state index in [1.54, 1.807) is 0 Å². The van der Waals surface area contributed by atoms with Gasteiger partial charge in [-0.15, -0.1) is 0 Å². The second-order valence-corrected chi connectivity index (χ2v) is 12.0. The Morgan fingerprint density at radius 2 is 2.00 bits per heavy atom. The molecule has 1 saturated carbocycles. The van der Waals surface area contributed by atoms with Crippen LogP contribution in [-0.2, 0) is 25.5 Å². The van der Waals surface area contributed by atoms with Crippen LogP contribution in [0.25, 0.3) is 10.9 Å². The third-order valence-corrected chi connectivity index (χ3v) is 10.1.